The third kappa shape index (κ3) is 3.72. The predicted octanol–water partition coefficient (Wildman–Crippen LogP) is 4.70. The zero-order valence-corrected chi connectivity index (χ0v) is 16.2. The first-order valence-electron chi connectivity index (χ1n) is 8.73. The highest BCUT2D eigenvalue weighted by atomic mass is 32.2. The van der Waals surface area contributed by atoms with Crippen LogP contribution in [0.25, 0.3) is 0 Å². The van der Waals surface area contributed by atoms with E-state index in [4.69, 9.17) is 0 Å². The topological polar surface area (TPSA) is 59.1 Å². The highest BCUT2D eigenvalue weighted by Gasteiger charge is 2.46. The zero-order chi connectivity index (χ0) is 20.7. The molecule has 1 aromatic carbocycles. The molecule has 0 amide bonds. The van der Waals surface area contributed by atoms with E-state index in [9.17, 15) is 26.0 Å². The second-order valence-electron chi connectivity index (χ2n) is 7.13. The summed E-state index contributed by atoms with van der Waals surface area (Å²) >= 11 is 0. The number of hydrogen-bond acceptors (Lipinski definition) is 4. The molecule has 1 heterocycles. The van der Waals surface area contributed by atoms with Crippen molar-refractivity contribution in [1.29, 1.82) is 0 Å². The molecule has 152 valence electrons. The predicted molar refractivity (Wildman–Crippen MR) is 97.5 cm³/mol. The van der Waals surface area contributed by atoms with Gasteiger partial charge in [0, 0.05) is 22.4 Å². The third-order valence-electron chi connectivity index (χ3n) is 4.99. The fourth-order valence-corrected chi connectivity index (χ4v) is 3.97. The average molecular weight is 416 g/mol. The highest BCUT2D eigenvalue weighted by molar-refractivity contribution is 7.91. The molecule has 1 aliphatic rings. The number of anilines is 1. The van der Waals surface area contributed by atoms with Gasteiger partial charge in [-0.25, -0.2) is 12.8 Å². The van der Waals surface area contributed by atoms with Crippen LogP contribution in [0.2, 0.25) is 0 Å². The normalized spacial score (nSPS) is 16.8. The van der Waals surface area contributed by atoms with Crippen molar-refractivity contribution in [3.05, 3.63) is 53.1 Å². The van der Waals surface area contributed by atoms with Gasteiger partial charge in [-0.3, -0.25) is 9.37 Å². The molecule has 4 nitrogen and oxygen atoms in total. The van der Waals surface area contributed by atoms with Crippen LogP contribution in [0.1, 0.15) is 42.8 Å². The number of halogens is 4. The first kappa shape index (κ1) is 20.6. The van der Waals surface area contributed by atoms with Crippen LogP contribution in [0.3, 0.4) is 0 Å². The lowest BCUT2D eigenvalue weighted by Crippen LogP contribution is -2.17. The van der Waals surface area contributed by atoms with E-state index < -0.39 is 44.4 Å². The van der Waals surface area contributed by atoms with Crippen LogP contribution in [-0.2, 0) is 15.3 Å². The lowest BCUT2D eigenvalue weighted by Gasteiger charge is -2.20. The molecule has 28 heavy (non-hydrogen) atoms. The lowest BCUT2D eigenvalue weighted by molar-refractivity contribution is 0.234. The van der Waals surface area contributed by atoms with Gasteiger partial charge in [0.05, 0.1) is 11.7 Å². The van der Waals surface area contributed by atoms with Gasteiger partial charge in [-0.15, -0.1) is 0 Å². The molecule has 1 N–H and O–H groups in total. The van der Waals surface area contributed by atoms with E-state index in [2.05, 4.69) is 10.3 Å². The van der Waals surface area contributed by atoms with Gasteiger partial charge in [0.1, 0.15) is 17.4 Å². The van der Waals surface area contributed by atoms with E-state index in [0.717, 1.165) is 6.07 Å². The Kier molecular flexibility index (Phi) is 5.40. The van der Waals surface area contributed by atoms with Crippen LogP contribution in [0.5, 0.6) is 0 Å². The number of benzene rings is 1. The maximum Gasteiger partial charge on any atom is 0.341 e. The Balaban J connectivity index is 1.92. The molecule has 9 heteroatoms. The second-order valence-corrected chi connectivity index (χ2v) is 9.01. The summed E-state index contributed by atoms with van der Waals surface area (Å²) in [5.74, 6) is -4.92. The van der Waals surface area contributed by atoms with Gasteiger partial charge < -0.3 is 5.32 Å². The van der Waals surface area contributed by atoms with Crippen molar-refractivity contribution in [3.63, 3.8) is 0 Å². The van der Waals surface area contributed by atoms with E-state index in [1.807, 2.05) is 0 Å². The second kappa shape index (κ2) is 7.35. The van der Waals surface area contributed by atoms with Crippen LogP contribution in [-0.4, -0.2) is 25.8 Å². The SMILES string of the molecule is Cc1cc(N[C@H](C)c2cccc(S(=O)(=O)C(F)F)c2F)cc(C2(CF)CC2)n1. The average Bonchev–Trinajstić information content (AvgIpc) is 3.42. The van der Waals surface area contributed by atoms with Crippen molar-refractivity contribution >= 4 is 15.5 Å². The summed E-state index contributed by atoms with van der Waals surface area (Å²) in [6.45, 7) is 2.82. The number of rotatable bonds is 7. The Bertz CT molecular complexity index is 991. The molecule has 1 aromatic heterocycles. The van der Waals surface area contributed by atoms with Crippen LogP contribution in [0.15, 0.2) is 35.2 Å². The van der Waals surface area contributed by atoms with Gasteiger partial charge >= 0.3 is 5.76 Å². The van der Waals surface area contributed by atoms with Crippen LogP contribution in [0, 0.1) is 12.7 Å². The number of hydrogen-bond donors (Lipinski definition) is 1. The maximum atomic E-state index is 14.7. The fraction of sp³-hybridized carbons (Fsp3) is 0.421. The molecule has 0 aliphatic heterocycles. The largest absolute Gasteiger partial charge is 0.378 e. The lowest BCUT2D eigenvalue weighted by atomic mass is 10.0. The summed E-state index contributed by atoms with van der Waals surface area (Å²) < 4.78 is 77.0. The van der Waals surface area contributed by atoms with E-state index in [-0.39, 0.29) is 5.56 Å². The van der Waals surface area contributed by atoms with Crippen molar-refractivity contribution < 1.29 is 26.0 Å². The molecule has 0 saturated heterocycles. The Morgan fingerprint density at radius 2 is 1.93 bits per heavy atom. The Morgan fingerprint density at radius 1 is 1.25 bits per heavy atom. The molecule has 3 rings (SSSR count). The van der Waals surface area contributed by atoms with Crippen LogP contribution < -0.4 is 5.32 Å². The van der Waals surface area contributed by atoms with Crippen LogP contribution >= 0.6 is 0 Å². The quantitative estimate of drug-likeness (QED) is 0.665. The minimum Gasteiger partial charge on any atom is -0.378 e. The number of aryl methyl sites for hydroxylation is 1. The van der Waals surface area contributed by atoms with Gasteiger partial charge in [0.15, 0.2) is 0 Å². The molecule has 1 saturated carbocycles. The summed E-state index contributed by atoms with van der Waals surface area (Å²) in [5, 5.41) is 3.03. The first-order chi connectivity index (χ1) is 13.1. The number of nitrogens with one attached hydrogen (secondary N) is 1. The summed E-state index contributed by atoms with van der Waals surface area (Å²) in [6, 6.07) is 6.04. The van der Waals surface area contributed by atoms with Crippen LogP contribution in [0.4, 0.5) is 23.2 Å². The summed E-state index contributed by atoms with van der Waals surface area (Å²) in [5.41, 5.74) is 1.20. The smallest absolute Gasteiger partial charge is 0.341 e. The number of nitrogens with zero attached hydrogens (tertiary/aromatic N) is 1. The van der Waals surface area contributed by atoms with E-state index in [1.54, 1.807) is 26.0 Å². The van der Waals surface area contributed by atoms with Gasteiger partial charge in [-0.2, -0.15) is 8.78 Å². The van der Waals surface area contributed by atoms with Gasteiger partial charge in [0.25, 0.3) is 0 Å². The number of alkyl halides is 3. The van der Waals surface area contributed by atoms with E-state index in [0.29, 0.717) is 29.9 Å². The van der Waals surface area contributed by atoms with Crippen molar-refractivity contribution in [1.82, 2.24) is 4.98 Å². The minimum absolute atomic E-state index is 0.0654. The first-order valence-corrected chi connectivity index (χ1v) is 10.3. The number of aromatic nitrogens is 1. The molecule has 1 fully saturated rings. The Labute approximate surface area is 160 Å². The molecular formula is C19H20F4N2O2S. The van der Waals surface area contributed by atoms with Crippen molar-refractivity contribution in [2.24, 2.45) is 0 Å². The minimum atomic E-state index is -5.05. The standard InChI is InChI=1S/C19H20F4N2O2S/c1-11-8-13(9-16(24-11)19(10-20)6-7-19)25-12(2)14-4-3-5-15(17(14)21)28(26,27)18(22)23/h3-5,8-9,12,18H,6-7,10H2,1-2H3,(H,24,25)/t12-/m1/s1. The molecule has 0 spiro atoms. The van der Waals surface area contributed by atoms with Crippen molar-refractivity contribution in [2.75, 3.05) is 12.0 Å². The molecule has 0 bridgehead atoms. The molecular weight excluding hydrogens is 396 g/mol. The molecule has 1 aliphatic carbocycles. The van der Waals surface area contributed by atoms with Crippen molar-refractivity contribution in [2.45, 2.75) is 48.8 Å². The third-order valence-corrected chi connectivity index (χ3v) is 6.39. The molecule has 0 unspecified atom stereocenters. The van der Waals surface area contributed by atoms with E-state index in [1.165, 1.54) is 12.1 Å². The monoisotopic (exact) mass is 416 g/mol. The van der Waals surface area contributed by atoms with E-state index >= 15 is 0 Å². The Hall–Kier alpha value is -2.16. The number of sulfone groups is 1. The van der Waals surface area contributed by atoms with Crippen molar-refractivity contribution in [3.8, 4) is 0 Å². The molecule has 1 atom stereocenters. The maximum absolute atomic E-state index is 14.7. The van der Waals surface area contributed by atoms with Gasteiger partial charge in [-0.05, 0) is 44.9 Å². The zero-order valence-electron chi connectivity index (χ0n) is 15.3. The molecule has 2 aromatic rings. The summed E-state index contributed by atoms with van der Waals surface area (Å²) in [6.07, 6.45) is 1.41. The summed E-state index contributed by atoms with van der Waals surface area (Å²) in [7, 11) is -5.05. The summed E-state index contributed by atoms with van der Waals surface area (Å²) in [4.78, 5) is 3.35. The van der Waals surface area contributed by atoms with Gasteiger partial charge in [0.2, 0.25) is 9.84 Å². The molecule has 0 radical (unpaired) electrons. The van der Waals surface area contributed by atoms with Gasteiger partial charge in [-0.1, -0.05) is 12.1 Å². The number of pyridine rings is 1. The Morgan fingerprint density at radius 3 is 2.50 bits per heavy atom. The fourth-order valence-electron chi connectivity index (χ4n) is 3.14. The highest BCUT2D eigenvalue weighted by Crippen LogP contribution is 2.48.